The van der Waals surface area contributed by atoms with E-state index in [0.717, 1.165) is 24.6 Å². The van der Waals surface area contributed by atoms with Gasteiger partial charge >= 0.3 is 0 Å². The molecule has 2 aliphatic rings. The number of hydrogen-bond acceptors (Lipinski definition) is 6. The molecule has 0 unspecified atom stereocenters. The summed E-state index contributed by atoms with van der Waals surface area (Å²) in [6.45, 7) is 2.66. The predicted molar refractivity (Wildman–Crippen MR) is 94.6 cm³/mol. The number of thioether (sulfide) groups is 2. The predicted octanol–water partition coefficient (Wildman–Crippen LogP) is 1.93. The van der Waals surface area contributed by atoms with E-state index in [1.54, 1.807) is 6.07 Å². The fraction of sp³-hybridized carbons (Fsp3) is 0.400. The maximum atomic E-state index is 14.2. The molecule has 1 amide bonds. The van der Waals surface area contributed by atoms with Crippen molar-refractivity contribution >= 4 is 40.8 Å². The van der Waals surface area contributed by atoms with E-state index < -0.39 is 0 Å². The van der Waals surface area contributed by atoms with E-state index in [9.17, 15) is 9.18 Å². The molecule has 0 saturated carbocycles. The highest BCUT2D eigenvalue weighted by molar-refractivity contribution is 8.15. The van der Waals surface area contributed by atoms with Crippen LogP contribution in [-0.4, -0.2) is 52.5 Å². The van der Waals surface area contributed by atoms with Gasteiger partial charge in [0.05, 0.1) is 12.0 Å². The van der Waals surface area contributed by atoms with E-state index in [4.69, 9.17) is 0 Å². The standard InChI is InChI=1S/C15H17FN4OS2/c16-13-7-11(8-17-19-15-18-14(21)10-23-15)1-2-12(13)9-20-3-5-22-6-4-20/h1-2,7-8H,3-6,9-10H2,(H,18,19,21). The van der Waals surface area contributed by atoms with Crippen LogP contribution in [0.4, 0.5) is 4.39 Å². The zero-order valence-electron chi connectivity index (χ0n) is 12.5. The molecule has 23 heavy (non-hydrogen) atoms. The molecule has 2 heterocycles. The second kappa shape index (κ2) is 7.94. The summed E-state index contributed by atoms with van der Waals surface area (Å²) in [5.74, 6) is 2.30. The Kier molecular flexibility index (Phi) is 5.69. The van der Waals surface area contributed by atoms with Gasteiger partial charge in [0, 0.05) is 36.7 Å². The molecule has 0 bridgehead atoms. The lowest BCUT2D eigenvalue weighted by atomic mass is 10.1. The Balaban J connectivity index is 1.61. The Morgan fingerprint density at radius 3 is 2.87 bits per heavy atom. The number of hydrogen-bond donors (Lipinski definition) is 1. The third-order valence-corrected chi connectivity index (χ3v) is 5.32. The topological polar surface area (TPSA) is 57.1 Å². The summed E-state index contributed by atoms with van der Waals surface area (Å²) >= 11 is 3.25. The summed E-state index contributed by atoms with van der Waals surface area (Å²) in [4.78, 5) is 13.3. The van der Waals surface area contributed by atoms with E-state index in [-0.39, 0.29) is 11.7 Å². The minimum atomic E-state index is -0.219. The van der Waals surface area contributed by atoms with Crippen molar-refractivity contribution < 1.29 is 9.18 Å². The maximum absolute atomic E-state index is 14.2. The Hall–Kier alpha value is -1.38. The summed E-state index contributed by atoms with van der Waals surface area (Å²) in [7, 11) is 0. The lowest BCUT2D eigenvalue weighted by molar-refractivity contribution is -0.116. The quantitative estimate of drug-likeness (QED) is 0.664. The molecule has 1 aromatic carbocycles. The van der Waals surface area contributed by atoms with Crippen molar-refractivity contribution in [1.82, 2.24) is 10.2 Å². The molecule has 0 aromatic heterocycles. The summed E-state index contributed by atoms with van der Waals surface area (Å²) in [6.07, 6.45) is 1.49. The molecule has 0 atom stereocenters. The first kappa shape index (κ1) is 16.5. The third kappa shape index (κ3) is 4.79. The van der Waals surface area contributed by atoms with E-state index in [1.807, 2.05) is 17.8 Å². The van der Waals surface area contributed by atoms with Gasteiger partial charge in [0.1, 0.15) is 5.82 Å². The van der Waals surface area contributed by atoms with Crippen LogP contribution >= 0.6 is 23.5 Å². The molecule has 122 valence electrons. The molecule has 0 radical (unpaired) electrons. The van der Waals surface area contributed by atoms with Crippen molar-refractivity contribution in [2.45, 2.75) is 6.54 Å². The van der Waals surface area contributed by atoms with Crippen molar-refractivity contribution in [3.05, 3.63) is 35.1 Å². The molecule has 1 aromatic rings. The van der Waals surface area contributed by atoms with Gasteiger partial charge in [-0.2, -0.15) is 16.9 Å². The van der Waals surface area contributed by atoms with Crippen LogP contribution in [-0.2, 0) is 11.3 Å². The van der Waals surface area contributed by atoms with Crippen LogP contribution in [0.15, 0.2) is 28.4 Å². The van der Waals surface area contributed by atoms with Gasteiger partial charge in [-0.05, 0) is 11.6 Å². The third-order valence-electron chi connectivity index (χ3n) is 3.52. The number of amidine groups is 1. The summed E-state index contributed by atoms with van der Waals surface area (Å²) in [5.41, 5.74) is 1.36. The second-order valence-electron chi connectivity index (χ2n) is 5.23. The number of rotatable bonds is 4. The Morgan fingerprint density at radius 2 is 2.17 bits per heavy atom. The monoisotopic (exact) mass is 352 g/mol. The number of amides is 1. The molecule has 0 spiro atoms. The molecule has 2 saturated heterocycles. The number of halogens is 1. The number of carbonyl (C=O) groups is 1. The first-order chi connectivity index (χ1) is 11.2. The molecule has 1 N–H and O–H groups in total. The smallest absolute Gasteiger partial charge is 0.236 e. The van der Waals surface area contributed by atoms with Crippen LogP contribution in [0.2, 0.25) is 0 Å². The first-order valence-corrected chi connectivity index (χ1v) is 9.47. The molecule has 2 aliphatic heterocycles. The summed E-state index contributed by atoms with van der Waals surface area (Å²) in [6, 6.07) is 5.11. The molecule has 8 heteroatoms. The Morgan fingerprint density at radius 1 is 1.35 bits per heavy atom. The highest BCUT2D eigenvalue weighted by atomic mass is 32.2. The minimum absolute atomic E-state index is 0.0736. The highest BCUT2D eigenvalue weighted by Gasteiger charge is 2.16. The summed E-state index contributed by atoms with van der Waals surface area (Å²) in [5, 5.41) is 10.9. The van der Waals surface area contributed by atoms with Crippen LogP contribution in [0, 0.1) is 5.82 Å². The lowest BCUT2D eigenvalue weighted by Crippen LogP contribution is -2.32. The van der Waals surface area contributed by atoms with E-state index >= 15 is 0 Å². The molecule has 0 aliphatic carbocycles. The molecule has 2 fully saturated rings. The number of carbonyl (C=O) groups excluding carboxylic acids is 1. The Bertz CT molecular complexity index is 644. The average Bonchev–Trinajstić information content (AvgIpc) is 2.96. The van der Waals surface area contributed by atoms with Crippen LogP contribution < -0.4 is 5.32 Å². The fourth-order valence-corrected chi connectivity index (χ4v) is 3.91. The van der Waals surface area contributed by atoms with Gasteiger partial charge in [0.15, 0.2) is 5.17 Å². The number of nitrogens with one attached hydrogen (secondary N) is 1. The molecular weight excluding hydrogens is 335 g/mol. The highest BCUT2D eigenvalue weighted by Crippen LogP contribution is 2.16. The first-order valence-electron chi connectivity index (χ1n) is 7.33. The minimum Gasteiger partial charge on any atom is -0.303 e. The molecular formula is C15H17FN4OS2. The van der Waals surface area contributed by atoms with Crippen molar-refractivity contribution in [3.8, 4) is 0 Å². The van der Waals surface area contributed by atoms with Crippen molar-refractivity contribution in [2.75, 3.05) is 30.3 Å². The van der Waals surface area contributed by atoms with Gasteiger partial charge in [-0.15, -0.1) is 5.10 Å². The van der Waals surface area contributed by atoms with E-state index in [0.29, 0.717) is 28.6 Å². The van der Waals surface area contributed by atoms with Crippen molar-refractivity contribution in [3.63, 3.8) is 0 Å². The summed E-state index contributed by atoms with van der Waals surface area (Å²) < 4.78 is 14.2. The lowest BCUT2D eigenvalue weighted by Gasteiger charge is -2.26. The number of nitrogens with zero attached hydrogens (tertiary/aromatic N) is 3. The number of benzene rings is 1. The van der Waals surface area contributed by atoms with Gasteiger partial charge in [0.2, 0.25) is 5.91 Å². The average molecular weight is 352 g/mol. The Labute approximate surface area is 142 Å². The fourth-order valence-electron chi connectivity index (χ4n) is 2.30. The van der Waals surface area contributed by atoms with Gasteiger partial charge < -0.3 is 5.32 Å². The van der Waals surface area contributed by atoms with E-state index in [1.165, 1.54) is 24.0 Å². The van der Waals surface area contributed by atoms with Gasteiger partial charge in [-0.1, -0.05) is 23.9 Å². The van der Waals surface area contributed by atoms with Crippen LogP contribution in [0.1, 0.15) is 11.1 Å². The van der Waals surface area contributed by atoms with Crippen LogP contribution in [0.3, 0.4) is 0 Å². The van der Waals surface area contributed by atoms with E-state index in [2.05, 4.69) is 20.4 Å². The second-order valence-corrected chi connectivity index (χ2v) is 7.41. The van der Waals surface area contributed by atoms with Crippen molar-refractivity contribution in [1.29, 1.82) is 0 Å². The molecule has 5 nitrogen and oxygen atoms in total. The van der Waals surface area contributed by atoms with Crippen LogP contribution in [0.25, 0.3) is 0 Å². The SMILES string of the molecule is O=C1CSC(=NN=Cc2ccc(CN3CCSCC3)c(F)c2)N1. The zero-order valence-corrected chi connectivity index (χ0v) is 14.1. The molecule has 3 rings (SSSR count). The zero-order chi connectivity index (χ0) is 16.1. The normalized spacial score (nSPS) is 21.3. The largest absolute Gasteiger partial charge is 0.303 e. The van der Waals surface area contributed by atoms with Gasteiger partial charge in [0.25, 0.3) is 0 Å². The van der Waals surface area contributed by atoms with Crippen LogP contribution in [0.5, 0.6) is 0 Å². The van der Waals surface area contributed by atoms with Crippen molar-refractivity contribution in [2.24, 2.45) is 10.2 Å². The maximum Gasteiger partial charge on any atom is 0.236 e. The van der Waals surface area contributed by atoms with Gasteiger partial charge in [-0.3, -0.25) is 9.69 Å². The van der Waals surface area contributed by atoms with Gasteiger partial charge in [-0.25, -0.2) is 4.39 Å².